The fraction of sp³-hybridized carbons (Fsp3) is 0.438. The Morgan fingerprint density at radius 3 is 2.64 bits per heavy atom. The Morgan fingerprint density at radius 1 is 1.36 bits per heavy atom. The summed E-state index contributed by atoms with van der Waals surface area (Å²) >= 11 is 0. The van der Waals surface area contributed by atoms with E-state index in [1.807, 2.05) is 6.92 Å². The minimum Gasteiger partial charge on any atom is -0.349 e. The molecular weight excluding hydrogens is 300 g/mol. The average Bonchev–Trinajstić information content (AvgIpc) is 2.53. The van der Waals surface area contributed by atoms with Gasteiger partial charge in [-0.1, -0.05) is 12.5 Å². The van der Waals surface area contributed by atoms with Crippen LogP contribution in [0.3, 0.4) is 0 Å². The minimum atomic E-state index is -3.49. The van der Waals surface area contributed by atoms with Gasteiger partial charge in [0.1, 0.15) is 0 Å². The summed E-state index contributed by atoms with van der Waals surface area (Å²) in [5.74, 6) is -0.241. The van der Waals surface area contributed by atoms with Crippen LogP contribution in [0.25, 0.3) is 0 Å². The first kappa shape index (κ1) is 16.7. The van der Waals surface area contributed by atoms with Gasteiger partial charge in [-0.05, 0) is 44.0 Å². The molecule has 1 N–H and O–H groups in total. The summed E-state index contributed by atoms with van der Waals surface area (Å²) in [5.41, 5.74) is 0.437. The van der Waals surface area contributed by atoms with Gasteiger partial charge in [-0.3, -0.25) is 4.79 Å². The number of hydrogen-bond donors (Lipinski definition) is 1. The maximum absolute atomic E-state index is 12.7. The third-order valence-corrected chi connectivity index (χ3v) is 5.90. The molecular formula is C16H22N2O3S. The summed E-state index contributed by atoms with van der Waals surface area (Å²) in [7, 11) is -3.49. The summed E-state index contributed by atoms with van der Waals surface area (Å²) in [4.78, 5) is 12.0. The Balaban J connectivity index is 2.18. The lowest BCUT2D eigenvalue weighted by atomic mass is 10.1. The van der Waals surface area contributed by atoms with E-state index in [1.165, 1.54) is 12.1 Å². The molecule has 1 fully saturated rings. The number of carbonyl (C=O) groups excluding carboxylic acids is 1. The number of benzene rings is 1. The first-order valence-corrected chi connectivity index (χ1v) is 8.92. The predicted molar refractivity (Wildman–Crippen MR) is 86.2 cm³/mol. The molecule has 1 saturated heterocycles. The van der Waals surface area contributed by atoms with E-state index in [9.17, 15) is 13.2 Å². The second-order valence-corrected chi connectivity index (χ2v) is 7.37. The lowest BCUT2D eigenvalue weighted by Gasteiger charge is -2.32. The van der Waals surface area contributed by atoms with Crippen LogP contribution in [0.15, 0.2) is 41.8 Å². The van der Waals surface area contributed by atoms with Gasteiger partial charge in [0.15, 0.2) is 0 Å². The number of sulfonamides is 1. The Morgan fingerprint density at radius 2 is 2.05 bits per heavy atom. The molecule has 1 aliphatic heterocycles. The number of amides is 1. The molecule has 1 atom stereocenters. The van der Waals surface area contributed by atoms with Gasteiger partial charge in [-0.2, -0.15) is 4.31 Å². The molecule has 6 heteroatoms. The molecule has 1 aromatic carbocycles. The van der Waals surface area contributed by atoms with E-state index >= 15 is 0 Å². The van der Waals surface area contributed by atoms with Crippen LogP contribution in [0.2, 0.25) is 0 Å². The van der Waals surface area contributed by atoms with Crippen molar-refractivity contribution in [3.63, 3.8) is 0 Å². The van der Waals surface area contributed by atoms with E-state index in [-0.39, 0.29) is 16.8 Å². The number of piperidine rings is 1. The van der Waals surface area contributed by atoms with Gasteiger partial charge >= 0.3 is 0 Å². The second kappa shape index (κ2) is 7.07. The summed E-state index contributed by atoms with van der Waals surface area (Å²) in [5, 5.41) is 2.66. The van der Waals surface area contributed by atoms with E-state index < -0.39 is 10.0 Å². The van der Waals surface area contributed by atoms with E-state index in [1.54, 1.807) is 22.5 Å². The number of nitrogens with one attached hydrogen (secondary N) is 1. The van der Waals surface area contributed by atoms with E-state index in [4.69, 9.17) is 0 Å². The van der Waals surface area contributed by atoms with Gasteiger partial charge in [-0.25, -0.2) is 8.42 Å². The highest BCUT2D eigenvalue weighted by Gasteiger charge is 2.30. The molecule has 0 radical (unpaired) electrons. The third-order valence-electron chi connectivity index (χ3n) is 3.87. The van der Waals surface area contributed by atoms with Crippen molar-refractivity contribution in [3.8, 4) is 0 Å². The van der Waals surface area contributed by atoms with E-state index in [0.717, 1.165) is 19.3 Å². The van der Waals surface area contributed by atoms with Crippen LogP contribution in [0.1, 0.15) is 36.5 Å². The van der Waals surface area contributed by atoms with Crippen LogP contribution in [0, 0.1) is 0 Å². The largest absolute Gasteiger partial charge is 0.349 e. The lowest BCUT2D eigenvalue weighted by molar-refractivity contribution is 0.0958. The molecule has 1 aromatic rings. The van der Waals surface area contributed by atoms with Crippen LogP contribution in [-0.4, -0.2) is 37.8 Å². The van der Waals surface area contributed by atoms with Crippen molar-refractivity contribution in [2.75, 3.05) is 13.1 Å². The Labute approximate surface area is 132 Å². The van der Waals surface area contributed by atoms with Crippen LogP contribution in [0.5, 0.6) is 0 Å². The summed E-state index contributed by atoms with van der Waals surface area (Å²) in [6.07, 6.45) is 4.44. The van der Waals surface area contributed by atoms with Gasteiger partial charge < -0.3 is 5.32 Å². The normalized spacial score (nSPS) is 19.6. The quantitative estimate of drug-likeness (QED) is 0.845. The highest BCUT2D eigenvalue weighted by Crippen LogP contribution is 2.25. The zero-order chi connectivity index (χ0) is 16.2. The van der Waals surface area contributed by atoms with Crippen molar-refractivity contribution >= 4 is 15.9 Å². The first-order chi connectivity index (χ1) is 10.5. The molecule has 0 spiro atoms. The first-order valence-electron chi connectivity index (χ1n) is 7.48. The summed E-state index contributed by atoms with van der Waals surface area (Å²) < 4.78 is 26.9. The molecule has 1 aliphatic rings. The Kier molecular flexibility index (Phi) is 5.37. The Hall–Kier alpha value is -1.66. The van der Waals surface area contributed by atoms with Crippen LogP contribution in [0.4, 0.5) is 0 Å². The molecule has 5 nitrogen and oxygen atoms in total. The summed E-state index contributed by atoms with van der Waals surface area (Å²) in [6.45, 7) is 6.41. The van der Waals surface area contributed by atoms with Crippen molar-refractivity contribution in [2.24, 2.45) is 0 Å². The zero-order valence-corrected chi connectivity index (χ0v) is 13.6. The number of rotatable bonds is 5. The summed E-state index contributed by atoms with van der Waals surface area (Å²) in [6, 6.07) is 6.10. The van der Waals surface area contributed by atoms with E-state index in [2.05, 4.69) is 11.9 Å². The van der Waals surface area contributed by atoms with Crippen LogP contribution in [-0.2, 0) is 10.0 Å². The predicted octanol–water partition coefficient (Wildman–Crippen LogP) is 2.17. The maximum Gasteiger partial charge on any atom is 0.251 e. The fourth-order valence-corrected chi connectivity index (χ4v) is 4.31. The molecule has 1 amide bonds. The van der Waals surface area contributed by atoms with Crippen molar-refractivity contribution in [3.05, 3.63) is 42.5 Å². The monoisotopic (exact) mass is 322 g/mol. The molecule has 0 aromatic heterocycles. The SMILES string of the molecule is C=CCNC(=O)c1ccc(S(=O)(=O)N2CCCC[C@H]2C)cc1. The number of hydrogen-bond acceptors (Lipinski definition) is 3. The highest BCUT2D eigenvalue weighted by molar-refractivity contribution is 7.89. The lowest BCUT2D eigenvalue weighted by Crippen LogP contribution is -2.41. The molecule has 0 unspecified atom stereocenters. The standard InChI is InChI=1S/C16H22N2O3S/c1-3-11-17-16(19)14-7-9-15(10-8-14)22(20,21)18-12-5-4-6-13(18)2/h3,7-10,13H,1,4-6,11-12H2,2H3,(H,17,19)/t13-/m1/s1. The zero-order valence-electron chi connectivity index (χ0n) is 12.8. The molecule has 0 saturated carbocycles. The topological polar surface area (TPSA) is 66.5 Å². The molecule has 2 rings (SSSR count). The van der Waals surface area contributed by atoms with Gasteiger partial charge in [-0.15, -0.1) is 6.58 Å². The van der Waals surface area contributed by atoms with Gasteiger partial charge in [0.2, 0.25) is 10.0 Å². The van der Waals surface area contributed by atoms with Gasteiger partial charge in [0.25, 0.3) is 5.91 Å². The van der Waals surface area contributed by atoms with Crippen molar-refractivity contribution in [1.29, 1.82) is 0 Å². The molecule has 0 bridgehead atoms. The van der Waals surface area contributed by atoms with Crippen molar-refractivity contribution in [1.82, 2.24) is 9.62 Å². The second-order valence-electron chi connectivity index (χ2n) is 5.48. The molecule has 1 heterocycles. The third kappa shape index (κ3) is 3.56. The van der Waals surface area contributed by atoms with Crippen molar-refractivity contribution < 1.29 is 13.2 Å². The average molecular weight is 322 g/mol. The van der Waals surface area contributed by atoms with Crippen LogP contribution < -0.4 is 5.32 Å². The highest BCUT2D eigenvalue weighted by atomic mass is 32.2. The van der Waals surface area contributed by atoms with Crippen LogP contribution >= 0.6 is 0 Å². The fourth-order valence-electron chi connectivity index (χ4n) is 2.61. The molecule has 22 heavy (non-hydrogen) atoms. The number of nitrogens with zero attached hydrogens (tertiary/aromatic N) is 1. The smallest absolute Gasteiger partial charge is 0.251 e. The molecule has 120 valence electrons. The van der Waals surface area contributed by atoms with Gasteiger partial charge in [0, 0.05) is 24.7 Å². The van der Waals surface area contributed by atoms with Gasteiger partial charge in [0.05, 0.1) is 4.90 Å². The minimum absolute atomic E-state index is 0.0225. The number of carbonyl (C=O) groups is 1. The Bertz CT molecular complexity index is 638. The molecule has 0 aliphatic carbocycles. The van der Waals surface area contributed by atoms with Crippen molar-refractivity contribution in [2.45, 2.75) is 37.1 Å². The van der Waals surface area contributed by atoms with E-state index in [0.29, 0.717) is 18.7 Å². The maximum atomic E-state index is 12.7.